The summed E-state index contributed by atoms with van der Waals surface area (Å²) < 4.78 is 5.19. The molecular weight excluding hydrogens is 298 g/mol. The van der Waals surface area contributed by atoms with Crippen molar-refractivity contribution in [1.82, 2.24) is 16.0 Å². The van der Waals surface area contributed by atoms with Gasteiger partial charge < -0.3 is 15.4 Å². The quantitative estimate of drug-likeness (QED) is 0.708. The van der Waals surface area contributed by atoms with Crippen LogP contribution in [0.15, 0.2) is 0 Å². The lowest BCUT2D eigenvalue weighted by atomic mass is 9.98. The van der Waals surface area contributed by atoms with E-state index in [9.17, 15) is 14.4 Å². The molecule has 0 unspecified atom stereocenters. The summed E-state index contributed by atoms with van der Waals surface area (Å²) in [4.78, 5) is 36.4. The zero-order valence-electron chi connectivity index (χ0n) is 14.7. The highest BCUT2D eigenvalue weighted by Gasteiger charge is 2.31. The Morgan fingerprint density at radius 1 is 1.30 bits per heavy atom. The monoisotopic (exact) mass is 327 g/mol. The number of imide groups is 1. The van der Waals surface area contributed by atoms with E-state index < -0.39 is 23.6 Å². The molecule has 0 saturated carbocycles. The van der Waals surface area contributed by atoms with Crippen molar-refractivity contribution >= 4 is 17.9 Å². The van der Waals surface area contributed by atoms with E-state index in [1.54, 1.807) is 20.8 Å². The first-order chi connectivity index (χ1) is 10.6. The summed E-state index contributed by atoms with van der Waals surface area (Å²) in [6.07, 6.45) is 1.65. The van der Waals surface area contributed by atoms with Crippen molar-refractivity contribution in [2.24, 2.45) is 5.92 Å². The molecule has 0 aromatic carbocycles. The van der Waals surface area contributed by atoms with E-state index in [1.165, 1.54) is 0 Å². The van der Waals surface area contributed by atoms with Crippen LogP contribution in [0, 0.1) is 5.92 Å². The minimum absolute atomic E-state index is 0.119. The van der Waals surface area contributed by atoms with Gasteiger partial charge in [-0.25, -0.2) is 4.79 Å². The van der Waals surface area contributed by atoms with Crippen LogP contribution < -0.4 is 16.0 Å². The van der Waals surface area contributed by atoms with Crippen molar-refractivity contribution in [2.45, 2.75) is 71.6 Å². The molecule has 0 radical (unpaired) electrons. The second-order valence-corrected chi connectivity index (χ2v) is 7.01. The maximum atomic E-state index is 12.4. The lowest BCUT2D eigenvalue weighted by molar-refractivity contribution is -0.133. The fraction of sp³-hybridized carbons (Fsp3) is 0.812. The van der Waals surface area contributed by atoms with E-state index in [-0.39, 0.29) is 17.9 Å². The molecule has 0 aromatic rings. The number of nitrogens with one attached hydrogen (secondary N) is 3. The van der Waals surface area contributed by atoms with E-state index in [0.29, 0.717) is 12.8 Å². The fourth-order valence-electron chi connectivity index (χ4n) is 2.33. The molecule has 1 saturated heterocycles. The Kier molecular flexibility index (Phi) is 7.00. The Hall–Kier alpha value is -1.63. The molecule has 3 atom stereocenters. The number of alkyl carbamates (subject to hydrolysis) is 1. The lowest BCUT2D eigenvalue weighted by Gasteiger charge is -2.26. The highest BCUT2D eigenvalue weighted by atomic mass is 16.6. The topological polar surface area (TPSA) is 96.5 Å². The largest absolute Gasteiger partial charge is 0.444 e. The molecule has 1 aliphatic heterocycles. The second-order valence-electron chi connectivity index (χ2n) is 7.01. The van der Waals surface area contributed by atoms with Crippen molar-refractivity contribution in [1.29, 1.82) is 0 Å². The normalized spacial score (nSPS) is 20.5. The molecule has 3 N–H and O–H groups in total. The third-order valence-electron chi connectivity index (χ3n) is 3.79. The van der Waals surface area contributed by atoms with Gasteiger partial charge >= 0.3 is 6.09 Å². The lowest BCUT2D eigenvalue weighted by Crippen LogP contribution is -2.54. The van der Waals surface area contributed by atoms with Gasteiger partial charge in [-0.15, -0.1) is 0 Å². The van der Waals surface area contributed by atoms with Gasteiger partial charge in [0.1, 0.15) is 11.6 Å². The summed E-state index contributed by atoms with van der Waals surface area (Å²) in [6.45, 7) is 9.79. The molecule has 1 fully saturated rings. The van der Waals surface area contributed by atoms with Gasteiger partial charge in [0.25, 0.3) is 0 Å². The molecule has 0 aromatic heterocycles. The first-order valence-electron chi connectivity index (χ1n) is 8.21. The van der Waals surface area contributed by atoms with Crippen LogP contribution in [0.5, 0.6) is 0 Å². The zero-order valence-corrected chi connectivity index (χ0v) is 14.7. The predicted molar refractivity (Wildman–Crippen MR) is 86.8 cm³/mol. The Labute approximate surface area is 137 Å². The van der Waals surface area contributed by atoms with Gasteiger partial charge in [0.05, 0.1) is 6.04 Å². The van der Waals surface area contributed by atoms with Crippen molar-refractivity contribution in [3.8, 4) is 0 Å². The summed E-state index contributed by atoms with van der Waals surface area (Å²) in [5, 5.41) is 8.01. The van der Waals surface area contributed by atoms with Crippen molar-refractivity contribution in [2.75, 3.05) is 6.54 Å². The van der Waals surface area contributed by atoms with E-state index in [0.717, 1.165) is 13.0 Å². The summed E-state index contributed by atoms with van der Waals surface area (Å²) >= 11 is 0. The zero-order chi connectivity index (χ0) is 17.6. The van der Waals surface area contributed by atoms with Crippen LogP contribution >= 0.6 is 0 Å². The van der Waals surface area contributed by atoms with Crippen LogP contribution in [0.2, 0.25) is 0 Å². The molecule has 1 heterocycles. The first kappa shape index (κ1) is 19.4. The molecule has 1 aliphatic rings. The highest BCUT2D eigenvalue weighted by molar-refractivity contribution is 6.01. The Bertz CT molecular complexity index is 439. The molecular formula is C16H29N3O4. The average molecular weight is 327 g/mol. The summed E-state index contributed by atoms with van der Waals surface area (Å²) in [5.41, 5.74) is -0.649. The number of hydrogen-bond acceptors (Lipinski definition) is 5. The molecule has 132 valence electrons. The SMILES string of the molecule is CC[C@H](C)[C@H](NC(=O)OC(C)(C)C)C(=O)NC(=O)[C@@H]1CCCN1. The third kappa shape index (κ3) is 6.56. The number of ether oxygens (including phenoxy) is 1. The Balaban J connectivity index is 2.66. The fourth-order valence-corrected chi connectivity index (χ4v) is 2.33. The summed E-state index contributed by atoms with van der Waals surface area (Å²) in [5.74, 6) is -0.956. The average Bonchev–Trinajstić information content (AvgIpc) is 2.96. The highest BCUT2D eigenvalue weighted by Crippen LogP contribution is 2.12. The molecule has 23 heavy (non-hydrogen) atoms. The molecule has 0 bridgehead atoms. The van der Waals surface area contributed by atoms with E-state index >= 15 is 0 Å². The van der Waals surface area contributed by atoms with Crippen LogP contribution in [-0.2, 0) is 14.3 Å². The first-order valence-corrected chi connectivity index (χ1v) is 8.21. The molecule has 1 rings (SSSR count). The number of hydrogen-bond donors (Lipinski definition) is 3. The molecule has 0 spiro atoms. The molecule has 7 nitrogen and oxygen atoms in total. The van der Waals surface area contributed by atoms with Crippen LogP contribution in [0.4, 0.5) is 4.79 Å². The standard InChI is InChI=1S/C16H29N3O4/c1-6-10(2)12(18-15(22)23-16(3,4)5)14(21)19-13(20)11-8-7-9-17-11/h10-12,17H,6-9H2,1-5H3,(H,18,22)(H,19,20,21)/t10-,11-,12-/m0/s1. The van der Waals surface area contributed by atoms with Gasteiger partial charge in [0, 0.05) is 0 Å². The smallest absolute Gasteiger partial charge is 0.408 e. The minimum atomic E-state index is -0.805. The molecule has 3 amide bonds. The van der Waals surface area contributed by atoms with Gasteiger partial charge in [-0.3, -0.25) is 14.9 Å². The Morgan fingerprint density at radius 2 is 1.96 bits per heavy atom. The van der Waals surface area contributed by atoms with E-state index in [4.69, 9.17) is 4.74 Å². The van der Waals surface area contributed by atoms with Gasteiger partial charge in [-0.2, -0.15) is 0 Å². The number of carbonyl (C=O) groups is 3. The van der Waals surface area contributed by atoms with Crippen LogP contribution in [0.25, 0.3) is 0 Å². The van der Waals surface area contributed by atoms with Crippen molar-refractivity contribution in [3.63, 3.8) is 0 Å². The van der Waals surface area contributed by atoms with E-state index in [2.05, 4.69) is 16.0 Å². The Morgan fingerprint density at radius 3 is 2.43 bits per heavy atom. The van der Waals surface area contributed by atoms with Crippen LogP contribution in [0.3, 0.4) is 0 Å². The van der Waals surface area contributed by atoms with Crippen molar-refractivity contribution in [3.05, 3.63) is 0 Å². The van der Waals surface area contributed by atoms with Gasteiger partial charge in [0.15, 0.2) is 0 Å². The number of amides is 3. The molecule has 0 aliphatic carbocycles. The van der Waals surface area contributed by atoms with Gasteiger partial charge in [0.2, 0.25) is 11.8 Å². The van der Waals surface area contributed by atoms with Gasteiger partial charge in [-0.05, 0) is 46.1 Å². The summed E-state index contributed by atoms with van der Waals surface area (Å²) in [7, 11) is 0. The minimum Gasteiger partial charge on any atom is -0.444 e. The third-order valence-corrected chi connectivity index (χ3v) is 3.79. The van der Waals surface area contributed by atoms with Crippen LogP contribution in [0.1, 0.15) is 53.9 Å². The maximum absolute atomic E-state index is 12.4. The predicted octanol–water partition coefficient (Wildman–Crippen LogP) is 1.32. The van der Waals surface area contributed by atoms with Gasteiger partial charge in [-0.1, -0.05) is 20.3 Å². The van der Waals surface area contributed by atoms with E-state index in [1.807, 2.05) is 13.8 Å². The maximum Gasteiger partial charge on any atom is 0.408 e. The van der Waals surface area contributed by atoms with Crippen LogP contribution in [-0.4, -0.2) is 42.1 Å². The number of carbonyl (C=O) groups excluding carboxylic acids is 3. The summed E-state index contributed by atoms with van der Waals surface area (Å²) in [6, 6.07) is -1.14. The molecule has 7 heteroatoms. The second kappa shape index (κ2) is 8.29. The number of rotatable bonds is 5. The van der Waals surface area contributed by atoms with Crippen molar-refractivity contribution < 1.29 is 19.1 Å².